The zero-order valence-corrected chi connectivity index (χ0v) is 9.82. The first kappa shape index (κ1) is 12.4. The molecule has 1 unspecified atom stereocenters. The van der Waals surface area contributed by atoms with Crippen LogP contribution < -0.4 is 5.32 Å². The molecule has 0 spiro atoms. The second kappa shape index (κ2) is 4.92. The van der Waals surface area contributed by atoms with Crippen molar-refractivity contribution >= 4 is 11.6 Å². The molecular weight excluding hydrogens is 217 g/mol. The molecule has 0 radical (unpaired) electrons. The average Bonchev–Trinajstić information content (AvgIpc) is 2.20. The number of aliphatic hydroxyl groups excluding tert-OH is 1. The third-order valence-electron chi connectivity index (χ3n) is 2.43. The lowest BCUT2D eigenvalue weighted by molar-refractivity contribution is 0.176. The van der Waals surface area contributed by atoms with Crippen molar-refractivity contribution in [3.8, 4) is 0 Å². The summed E-state index contributed by atoms with van der Waals surface area (Å²) in [7, 11) is 1.73. The third kappa shape index (κ3) is 2.48. The van der Waals surface area contributed by atoms with Crippen LogP contribution >= 0.6 is 11.6 Å². The number of rotatable bonds is 3. The highest BCUT2D eigenvalue weighted by Gasteiger charge is 2.16. The predicted molar refractivity (Wildman–Crippen MR) is 59.8 cm³/mol. The number of hydrogen-bond acceptors (Lipinski definition) is 2. The van der Waals surface area contributed by atoms with Crippen LogP contribution in [0.25, 0.3) is 0 Å². The minimum Gasteiger partial charge on any atom is -0.387 e. The van der Waals surface area contributed by atoms with E-state index in [0.717, 1.165) is 0 Å². The van der Waals surface area contributed by atoms with Crippen LogP contribution in [0.4, 0.5) is 4.39 Å². The molecule has 0 saturated carbocycles. The van der Waals surface area contributed by atoms with Crippen LogP contribution in [-0.4, -0.2) is 18.7 Å². The second-order valence-electron chi connectivity index (χ2n) is 3.61. The normalized spacial score (nSPS) is 12.9. The summed E-state index contributed by atoms with van der Waals surface area (Å²) in [5.74, 6) is -0.443. The molecule has 1 aromatic carbocycles. The van der Waals surface area contributed by atoms with Crippen LogP contribution in [0.5, 0.6) is 0 Å². The monoisotopic (exact) mass is 231 g/mol. The van der Waals surface area contributed by atoms with Gasteiger partial charge in [0.05, 0.1) is 11.1 Å². The van der Waals surface area contributed by atoms with Gasteiger partial charge in [-0.05, 0) is 37.6 Å². The van der Waals surface area contributed by atoms with E-state index in [2.05, 4.69) is 5.32 Å². The maximum Gasteiger partial charge on any atom is 0.145 e. The first-order chi connectivity index (χ1) is 6.99. The van der Waals surface area contributed by atoms with Crippen LogP contribution in [-0.2, 0) is 0 Å². The van der Waals surface area contributed by atoms with Crippen molar-refractivity contribution in [2.45, 2.75) is 20.0 Å². The zero-order chi connectivity index (χ0) is 11.6. The second-order valence-corrected chi connectivity index (χ2v) is 3.99. The van der Waals surface area contributed by atoms with Crippen LogP contribution in [0, 0.1) is 19.7 Å². The zero-order valence-electron chi connectivity index (χ0n) is 9.06. The van der Waals surface area contributed by atoms with Crippen molar-refractivity contribution in [1.29, 1.82) is 0 Å². The van der Waals surface area contributed by atoms with Gasteiger partial charge in [-0.15, -0.1) is 0 Å². The Morgan fingerprint density at radius 1 is 1.53 bits per heavy atom. The van der Waals surface area contributed by atoms with Crippen LogP contribution in [0.2, 0.25) is 5.02 Å². The lowest BCUT2D eigenvalue weighted by Gasteiger charge is -2.15. The maximum absolute atomic E-state index is 13.6. The Morgan fingerprint density at radius 3 is 2.67 bits per heavy atom. The minimum atomic E-state index is -0.708. The number of benzene rings is 1. The van der Waals surface area contributed by atoms with Gasteiger partial charge in [-0.2, -0.15) is 0 Å². The quantitative estimate of drug-likeness (QED) is 0.837. The molecule has 1 rings (SSSR count). The standard InChI is InChI=1S/C11H15ClFNO/c1-6-4-8(9(15)5-14-3)7(2)11(13)10(6)12/h4,9,14-15H,5H2,1-3H3. The predicted octanol–water partition coefficient (Wildman–Crippen LogP) is 2.35. The Labute approximate surface area is 94.1 Å². The number of likely N-dealkylation sites (N-methyl/N-ethyl adjacent to an activating group) is 1. The molecule has 0 aliphatic heterocycles. The molecule has 15 heavy (non-hydrogen) atoms. The molecule has 0 aliphatic carbocycles. The Balaban J connectivity index is 3.19. The summed E-state index contributed by atoms with van der Waals surface area (Å²) in [4.78, 5) is 0. The molecule has 0 saturated heterocycles. The fraction of sp³-hybridized carbons (Fsp3) is 0.455. The fourth-order valence-electron chi connectivity index (χ4n) is 1.52. The summed E-state index contributed by atoms with van der Waals surface area (Å²) in [6.07, 6.45) is -0.708. The molecule has 0 aromatic heterocycles. The van der Waals surface area contributed by atoms with Gasteiger partial charge in [0.15, 0.2) is 0 Å². The van der Waals surface area contributed by atoms with Crippen molar-refractivity contribution in [3.05, 3.63) is 33.6 Å². The molecule has 0 fully saturated rings. The lowest BCUT2D eigenvalue weighted by atomic mass is 10.00. The number of aryl methyl sites for hydroxylation is 1. The van der Waals surface area contributed by atoms with Crippen LogP contribution in [0.1, 0.15) is 22.8 Å². The molecule has 0 heterocycles. The van der Waals surface area contributed by atoms with Crippen molar-refractivity contribution in [1.82, 2.24) is 5.32 Å². The van der Waals surface area contributed by atoms with Gasteiger partial charge in [0.25, 0.3) is 0 Å². The van der Waals surface area contributed by atoms with E-state index in [1.807, 2.05) is 0 Å². The summed E-state index contributed by atoms with van der Waals surface area (Å²) < 4.78 is 13.6. The van der Waals surface area contributed by atoms with E-state index in [1.165, 1.54) is 0 Å². The summed E-state index contributed by atoms with van der Waals surface area (Å²) >= 11 is 5.76. The summed E-state index contributed by atoms with van der Waals surface area (Å²) in [5, 5.41) is 12.7. The Hall–Kier alpha value is -0.640. The van der Waals surface area contributed by atoms with Gasteiger partial charge >= 0.3 is 0 Å². The van der Waals surface area contributed by atoms with Crippen molar-refractivity contribution in [2.24, 2.45) is 0 Å². The molecule has 2 nitrogen and oxygen atoms in total. The summed E-state index contributed by atoms with van der Waals surface area (Å²) in [5.41, 5.74) is 1.64. The number of halogens is 2. The number of aliphatic hydroxyl groups is 1. The molecule has 84 valence electrons. The largest absolute Gasteiger partial charge is 0.387 e. The smallest absolute Gasteiger partial charge is 0.145 e. The van der Waals surface area contributed by atoms with Gasteiger partial charge < -0.3 is 10.4 Å². The summed E-state index contributed by atoms with van der Waals surface area (Å²) in [6.45, 7) is 3.73. The average molecular weight is 232 g/mol. The lowest BCUT2D eigenvalue weighted by Crippen LogP contribution is -2.18. The Kier molecular flexibility index (Phi) is 4.08. The molecule has 2 N–H and O–H groups in total. The molecular formula is C11H15ClFNO. The van der Waals surface area contributed by atoms with E-state index >= 15 is 0 Å². The van der Waals surface area contributed by atoms with Gasteiger partial charge in [-0.1, -0.05) is 17.7 Å². The van der Waals surface area contributed by atoms with Crippen molar-refractivity contribution in [3.63, 3.8) is 0 Å². The van der Waals surface area contributed by atoms with Crippen LogP contribution in [0.15, 0.2) is 6.07 Å². The topological polar surface area (TPSA) is 32.3 Å². The van der Waals surface area contributed by atoms with Crippen LogP contribution in [0.3, 0.4) is 0 Å². The third-order valence-corrected chi connectivity index (χ3v) is 2.89. The molecule has 0 amide bonds. The van der Waals surface area contributed by atoms with E-state index < -0.39 is 11.9 Å². The maximum atomic E-state index is 13.6. The Bertz CT molecular complexity index is 368. The first-order valence-electron chi connectivity index (χ1n) is 4.76. The Morgan fingerprint density at radius 2 is 2.13 bits per heavy atom. The van der Waals surface area contributed by atoms with Gasteiger partial charge in [-0.3, -0.25) is 0 Å². The van der Waals surface area contributed by atoms with Gasteiger partial charge in [0.1, 0.15) is 5.82 Å². The molecule has 0 aliphatic rings. The van der Waals surface area contributed by atoms with E-state index in [4.69, 9.17) is 11.6 Å². The van der Waals surface area contributed by atoms with E-state index in [-0.39, 0.29) is 5.02 Å². The summed E-state index contributed by atoms with van der Waals surface area (Å²) in [6, 6.07) is 1.72. The first-order valence-corrected chi connectivity index (χ1v) is 5.14. The van der Waals surface area contributed by atoms with Crippen molar-refractivity contribution < 1.29 is 9.50 Å². The number of nitrogens with one attached hydrogen (secondary N) is 1. The van der Waals surface area contributed by atoms with E-state index in [9.17, 15) is 9.50 Å². The van der Waals surface area contributed by atoms with E-state index in [0.29, 0.717) is 23.2 Å². The molecule has 1 atom stereocenters. The highest BCUT2D eigenvalue weighted by Crippen LogP contribution is 2.28. The van der Waals surface area contributed by atoms with Gasteiger partial charge in [-0.25, -0.2) is 4.39 Å². The molecule has 0 bridgehead atoms. The highest BCUT2D eigenvalue weighted by molar-refractivity contribution is 6.31. The highest BCUT2D eigenvalue weighted by atomic mass is 35.5. The van der Waals surface area contributed by atoms with Crippen molar-refractivity contribution in [2.75, 3.05) is 13.6 Å². The fourth-order valence-corrected chi connectivity index (χ4v) is 1.72. The SMILES string of the molecule is CNCC(O)c1cc(C)c(Cl)c(F)c1C. The van der Waals surface area contributed by atoms with Gasteiger partial charge in [0.2, 0.25) is 0 Å². The minimum absolute atomic E-state index is 0.132. The van der Waals surface area contributed by atoms with E-state index in [1.54, 1.807) is 27.0 Å². The van der Waals surface area contributed by atoms with Gasteiger partial charge in [0, 0.05) is 6.54 Å². The number of hydrogen-bond donors (Lipinski definition) is 2. The molecule has 4 heteroatoms. The molecule has 1 aromatic rings.